The van der Waals surface area contributed by atoms with Crippen molar-refractivity contribution < 1.29 is 23.8 Å². The Morgan fingerprint density at radius 2 is 1.90 bits per heavy atom. The van der Waals surface area contributed by atoms with E-state index in [1.165, 1.54) is 18.7 Å². The van der Waals surface area contributed by atoms with Gasteiger partial charge in [-0.15, -0.1) is 0 Å². The standard InChI is InChI=1S/C23H20N2O5S/c1-15(21(26)25-13-16-9-10-19-20(12-16)29-14-28-19)30-23(27)18-8-5-11-24-22(18)31-17-6-3-2-4-7-17/h2-12,15H,13-14H2,1H3,(H,25,26). The molecule has 1 aliphatic rings. The summed E-state index contributed by atoms with van der Waals surface area (Å²) >= 11 is 1.36. The maximum atomic E-state index is 12.7. The summed E-state index contributed by atoms with van der Waals surface area (Å²) in [5.41, 5.74) is 1.16. The average molecular weight is 436 g/mol. The van der Waals surface area contributed by atoms with Gasteiger partial charge in [0.1, 0.15) is 5.03 Å². The van der Waals surface area contributed by atoms with E-state index in [0.29, 0.717) is 22.1 Å². The van der Waals surface area contributed by atoms with Gasteiger partial charge in [0.05, 0.1) is 5.56 Å². The molecule has 2 aromatic carbocycles. The van der Waals surface area contributed by atoms with Crippen LogP contribution in [-0.4, -0.2) is 29.8 Å². The Morgan fingerprint density at radius 1 is 1.10 bits per heavy atom. The molecule has 158 valence electrons. The molecular formula is C23H20N2O5S. The zero-order chi connectivity index (χ0) is 21.6. The summed E-state index contributed by atoms with van der Waals surface area (Å²) in [6.07, 6.45) is 0.653. The molecule has 1 aliphatic heterocycles. The summed E-state index contributed by atoms with van der Waals surface area (Å²) in [5, 5.41) is 3.29. The lowest BCUT2D eigenvalue weighted by Crippen LogP contribution is -2.35. The minimum absolute atomic E-state index is 0.191. The van der Waals surface area contributed by atoms with Crippen LogP contribution in [0.2, 0.25) is 0 Å². The maximum absolute atomic E-state index is 12.7. The summed E-state index contributed by atoms with van der Waals surface area (Å²) < 4.78 is 16.0. The Bertz CT molecular complexity index is 1090. The fraction of sp³-hybridized carbons (Fsp3) is 0.174. The molecule has 1 atom stereocenters. The van der Waals surface area contributed by atoms with Crippen LogP contribution in [0.5, 0.6) is 11.5 Å². The van der Waals surface area contributed by atoms with E-state index in [1.54, 1.807) is 24.4 Å². The molecule has 0 bridgehead atoms. The monoisotopic (exact) mass is 436 g/mol. The van der Waals surface area contributed by atoms with Crippen LogP contribution in [0.3, 0.4) is 0 Å². The van der Waals surface area contributed by atoms with Gasteiger partial charge < -0.3 is 19.5 Å². The summed E-state index contributed by atoms with van der Waals surface area (Å²) in [4.78, 5) is 30.4. The lowest BCUT2D eigenvalue weighted by Gasteiger charge is -2.15. The van der Waals surface area contributed by atoms with Crippen molar-refractivity contribution in [2.24, 2.45) is 0 Å². The van der Waals surface area contributed by atoms with E-state index in [2.05, 4.69) is 10.3 Å². The van der Waals surface area contributed by atoms with Crippen LogP contribution in [0.15, 0.2) is 76.8 Å². The molecule has 7 nitrogen and oxygen atoms in total. The van der Waals surface area contributed by atoms with Gasteiger partial charge in [-0.3, -0.25) is 4.79 Å². The number of nitrogens with one attached hydrogen (secondary N) is 1. The van der Waals surface area contributed by atoms with Gasteiger partial charge in [-0.2, -0.15) is 0 Å². The van der Waals surface area contributed by atoms with Crippen LogP contribution in [0, 0.1) is 0 Å². The topological polar surface area (TPSA) is 86.8 Å². The number of benzene rings is 2. The number of pyridine rings is 1. The first-order valence-corrected chi connectivity index (χ1v) is 10.5. The number of amides is 1. The van der Waals surface area contributed by atoms with Gasteiger partial charge in [-0.05, 0) is 48.9 Å². The number of hydrogen-bond acceptors (Lipinski definition) is 7. The lowest BCUT2D eigenvalue weighted by molar-refractivity contribution is -0.129. The van der Waals surface area contributed by atoms with Gasteiger partial charge in [0.15, 0.2) is 17.6 Å². The van der Waals surface area contributed by atoms with Crippen LogP contribution in [-0.2, 0) is 16.1 Å². The van der Waals surface area contributed by atoms with Crippen LogP contribution in [0.4, 0.5) is 0 Å². The van der Waals surface area contributed by atoms with Gasteiger partial charge in [-0.1, -0.05) is 36.0 Å². The third-order valence-electron chi connectivity index (χ3n) is 4.51. The third-order valence-corrected chi connectivity index (χ3v) is 5.53. The molecule has 8 heteroatoms. The Morgan fingerprint density at radius 3 is 2.74 bits per heavy atom. The number of fused-ring (bicyclic) bond motifs is 1. The Kier molecular flexibility index (Phi) is 6.37. The molecule has 1 aromatic heterocycles. The molecule has 31 heavy (non-hydrogen) atoms. The van der Waals surface area contributed by atoms with Gasteiger partial charge in [0.2, 0.25) is 6.79 Å². The second-order valence-electron chi connectivity index (χ2n) is 6.72. The number of ether oxygens (including phenoxy) is 3. The van der Waals surface area contributed by atoms with Crippen LogP contribution in [0.25, 0.3) is 0 Å². The molecule has 0 fully saturated rings. The second-order valence-corrected chi connectivity index (χ2v) is 7.79. The third kappa shape index (κ3) is 5.16. The first-order valence-electron chi connectivity index (χ1n) is 9.65. The normalized spacial score (nSPS) is 12.8. The van der Waals surface area contributed by atoms with Crippen molar-refractivity contribution in [2.75, 3.05) is 6.79 Å². The van der Waals surface area contributed by atoms with E-state index in [-0.39, 0.29) is 13.3 Å². The Hall–Kier alpha value is -3.52. The molecule has 3 aromatic rings. The highest BCUT2D eigenvalue weighted by molar-refractivity contribution is 7.99. The number of nitrogens with zero attached hydrogens (tertiary/aromatic N) is 1. The van der Waals surface area contributed by atoms with E-state index >= 15 is 0 Å². The van der Waals surface area contributed by atoms with E-state index in [9.17, 15) is 9.59 Å². The van der Waals surface area contributed by atoms with E-state index in [4.69, 9.17) is 14.2 Å². The Balaban J connectivity index is 1.35. The van der Waals surface area contributed by atoms with E-state index < -0.39 is 18.0 Å². The molecule has 1 amide bonds. The van der Waals surface area contributed by atoms with Crippen LogP contribution < -0.4 is 14.8 Å². The maximum Gasteiger partial charge on any atom is 0.341 e. The first kappa shape index (κ1) is 20.7. The first-order chi connectivity index (χ1) is 15.1. The number of esters is 1. The molecular weight excluding hydrogens is 416 g/mol. The highest BCUT2D eigenvalue weighted by atomic mass is 32.2. The minimum atomic E-state index is -0.962. The Labute approximate surface area is 183 Å². The van der Waals surface area contributed by atoms with E-state index in [1.807, 2.05) is 42.5 Å². The number of rotatable bonds is 7. The largest absolute Gasteiger partial charge is 0.454 e. The summed E-state index contributed by atoms with van der Waals surface area (Å²) in [6.45, 7) is 2.00. The number of aromatic nitrogens is 1. The molecule has 0 saturated carbocycles. The predicted molar refractivity (Wildman–Crippen MR) is 114 cm³/mol. The quantitative estimate of drug-likeness (QED) is 0.564. The fourth-order valence-corrected chi connectivity index (χ4v) is 3.78. The van der Waals surface area contributed by atoms with Gasteiger partial charge in [0.25, 0.3) is 5.91 Å². The molecule has 0 spiro atoms. The highest BCUT2D eigenvalue weighted by Crippen LogP contribution is 2.32. The average Bonchev–Trinajstić information content (AvgIpc) is 3.26. The molecule has 4 rings (SSSR count). The molecule has 2 heterocycles. The fourth-order valence-electron chi connectivity index (χ4n) is 2.89. The van der Waals surface area contributed by atoms with Crippen LogP contribution >= 0.6 is 11.8 Å². The molecule has 0 radical (unpaired) electrons. The SMILES string of the molecule is CC(OC(=O)c1cccnc1Sc1ccccc1)C(=O)NCc1ccc2c(c1)OCO2. The number of hydrogen-bond donors (Lipinski definition) is 1. The number of carbonyl (C=O) groups excluding carboxylic acids is 2. The molecule has 0 saturated heterocycles. The molecule has 1 N–H and O–H groups in total. The van der Waals surface area contributed by atoms with Crippen molar-refractivity contribution >= 4 is 23.6 Å². The van der Waals surface area contributed by atoms with Crippen molar-refractivity contribution in [3.05, 3.63) is 78.0 Å². The smallest absolute Gasteiger partial charge is 0.341 e. The van der Waals surface area contributed by atoms with Gasteiger partial charge >= 0.3 is 5.97 Å². The zero-order valence-corrected chi connectivity index (χ0v) is 17.6. The second kappa shape index (κ2) is 9.53. The highest BCUT2D eigenvalue weighted by Gasteiger charge is 2.22. The van der Waals surface area contributed by atoms with Gasteiger partial charge in [-0.25, -0.2) is 9.78 Å². The zero-order valence-electron chi connectivity index (χ0n) is 16.7. The summed E-state index contributed by atoms with van der Waals surface area (Å²) in [7, 11) is 0. The van der Waals surface area contributed by atoms with Crippen molar-refractivity contribution in [3.63, 3.8) is 0 Å². The lowest BCUT2D eigenvalue weighted by atomic mass is 10.2. The molecule has 1 unspecified atom stereocenters. The van der Waals surface area contributed by atoms with Crippen molar-refractivity contribution in [3.8, 4) is 11.5 Å². The summed E-state index contributed by atoms with van der Waals surface area (Å²) in [5.74, 6) is 0.328. The minimum Gasteiger partial charge on any atom is -0.454 e. The van der Waals surface area contributed by atoms with E-state index in [0.717, 1.165) is 10.5 Å². The van der Waals surface area contributed by atoms with Crippen molar-refractivity contribution in [2.45, 2.75) is 29.5 Å². The van der Waals surface area contributed by atoms with Crippen molar-refractivity contribution in [1.29, 1.82) is 0 Å². The predicted octanol–water partition coefficient (Wildman–Crippen LogP) is 3.82. The molecule has 0 aliphatic carbocycles. The van der Waals surface area contributed by atoms with Crippen molar-refractivity contribution in [1.82, 2.24) is 10.3 Å². The summed E-state index contributed by atoms with van der Waals surface area (Å²) in [6, 6.07) is 18.3. The number of carbonyl (C=O) groups is 2. The van der Waals surface area contributed by atoms with Gasteiger partial charge in [0, 0.05) is 17.6 Å². The van der Waals surface area contributed by atoms with Crippen LogP contribution in [0.1, 0.15) is 22.8 Å².